The van der Waals surface area contributed by atoms with Gasteiger partial charge in [-0.1, -0.05) is 19.3 Å². The zero-order chi connectivity index (χ0) is 9.90. The van der Waals surface area contributed by atoms with E-state index in [2.05, 4.69) is 0 Å². The average molecular weight is 203 g/mol. The van der Waals surface area contributed by atoms with Crippen LogP contribution in [0.3, 0.4) is 0 Å². The van der Waals surface area contributed by atoms with E-state index >= 15 is 0 Å². The molecule has 0 heterocycles. The SMILES string of the molecule is CC(C)(C)[P+](=O)OC1CCCCC1. The van der Waals surface area contributed by atoms with Crippen molar-refractivity contribution in [3.63, 3.8) is 0 Å². The van der Waals surface area contributed by atoms with Crippen molar-refractivity contribution < 1.29 is 9.09 Å². The van der Waals surface area contributed by atoms with Gasteiger partial charge in [-0.2, -0.15) is 0 Å². The minimum Gasteiger partial charge on any atom is -0.143 e. The summed E-state index contributed by atoms with van der Waals surface area (Å²) in [6, 6.07) is 0. The molecule has 0 aromatic carbocycles. The Morgan fingerprint density at radius 2 is 1.69 bits per heavy atom. The van der Waals surface area contributed by atoms with Crippen molar-refractivity contribution in [2.75, 3.05) is 0 Å². The molecule has 0 bridgehead atoms. The molecular formula is C10H20O2P+. The molecule has 0 radical (unpaired) electrons. The largest absolute Gasteiger partial charge is 0.513 e. The third kappa shape index (κ3) is 3.74. The van der Waals surface area contributed by atoms with Crippen molar-refractivity contribution in [2.24, 2.45) is 0 Å². The Kier molecular flexibility index (Phi) is 3.87. The lowest BCUT2D eigenvalue weighted by Crippen LogP contribution is -2.17. The van der Waals surface area contributed by atoms with Gasteiger partial charge in [0.25, 0.3) is 0 Å². The molecule has 1 aliphatic carbocycles. The van der Waals surface area contributed by atoms with Crippen molar-refractivity contribution in [3.8, 4) is 0 Å². The summed E-state index contributed by atoms with van der Waals surface area (Å²) in [4.78, 5) is 0. The first kappa shape index (κ1) is 11.1. The smallest absolute Gasteiger partial charge is 0.143 e. The van der Waals surface area contributed by atoms with Gasteiger partial charge < -0.3 is 0 Å². The Bertz CT molecular complexity index is 178. The lowest BCUT2D eigenvalue weighted by atomic mass is 9.98. The zero-order valence-electron chi connectivity index (χ0n) is 8.88. The molecule has 76 valence electrons. The maximum Gasteiger partial charge on any atom is 0.513 e. The van der Waals surface area contributed by atoms with Crippen LogP contribution in [0.5, 0.6) is 0 Å². The van der Waals surface area contributed by atoms with Crippen LogP contribution in [0.2, 0.25) is 0 Å². The predicted molar refractivity (Wildman–Crippen MR) is 55.3 cm³/mol. The van der Waals surface area contributed by atoms with Crippen LogP contribution in [0.25, 0.3) is 0 Å². The normalized spacial score (nSPS) is 21.6. The summed E-state index contributed by atoms with van der Waals surface area (Å²) in [6.45, 7) is 5.90. The van der Waals surface area contributed by atoms with Gasteiger partial charge in [-0.15, -0.1) is 4.52 Å². The maximum absolute atomic E-state index is 11.7. The van der Waals surface area contributed by atoms with Crippen molar-refractivity contribution in [3.05, 3.63) is 0 Å². The Morgan fingerprint density at radius 1 is 1.15 bits per heavy atom. The Morgan fingerprint density at radius 3 is 2.15 bits per heavy atom. The van der Waals surface area contributed by atoms with E-state index in [-0.39, 0.29) is 11.3 Å². The monoisotopic (exact) mass is 203 g/mol. The maximum atomic E-state index is 11.7. The second-order valence-corrected chi connectivity index (χ2v) is 6.86. The quantitative estimate of drug-likeness (QED) is 0.636. The van der Waals surface area contributed by atoms with Crippen LogP contribution < -0.4 is 0 Å². The predicted octanol–water partition coefficient (Wildman–Crippen LogP) is 3.88. The van der Waals surface area contributed by atoms with Gasteiger partial charge in [0, 0.05) is 0 Å². The van der Waals surface area contributed by atoms with Crippen LogP contribution >= 0.6 is 8.03 Å². The Hall–Kier alpha value is 0.0600. The summed E-state index contributed by atoms with van der Waals surface area (Å²) in [7, 11) is -1.49. The van der Waals surface area contributed by atoms with Crippen LogP contribution in [-0.2, 0) is 9.09 Å². The standard InChI is InChI=1S/C10H20O2P/c1-10(2,3)13(11)12-9-7-5-4-6-8-9/h9H,4-8H2,1-3H3/q+1. The number of hydrogen-bond donors (Lipinski definition) is 0. The molecule has 1 rings (SSSR count). The molecule has 0 aliphatic heterocycles. The molecule has 0 N–H and O–H groups in total. The highest BCUT2D eigenvalue weighted by Crippen LogP contribution is 2.42. The molecule has 0 amide bonds. The van der Waals surface area contributed by atoms with Crippen LogP contribution in [0.1, 0.15) is 52.9 Å². The Balaban J connectivity index is 2.35. The second-order valence-electron chi connectivity index (χ2n) is 4.79. The molecular weight excluding hydrogens is 183 g/mol. The van der Waals surface area contributed by atoms with Crippen LogP contribution in [0, 0.1) is 0 Å². The molecule has 1 unspecified atom stereocenters. The van der Waals surface area contributed by atoms with E-state index < -0.39 is 8.03 Å². The summed E-state index contributed by atoms with van der Waals surface area (Å²) in [5.74, 6) is 0. The molecule has 0 saturated heterocycles. The summed E-state index contributed by atoms with van der Waals surface area (Å²) >= 11 is 0. The molecule has 1 fully saturated rings. The third-order valence-electron chi connectivity index (χ3n) is 2.34. The van der Waals surface area contributed by atoms with Crippen LogP contribution in [-0.4, -0.2) is 11.3 Å². The fraction of sp³-hybridized carbons (Fsp3) is 1.00. The fourth-order valence-corrected chi connectivity index (χ4v) is 2.26. The summed E-state index contributed by atoms with van der Waals surface area (Å²) < 4.78 is 17.2. The van der Waals surface area contributed by atoms with Gasteiger partial charge in [-0.05, 0) is 38.2 Å². The van der Waals surface area contributed by atoms with Gasteiger partial charge in [0.1, 0.15) is 6.10 Å². The minimum absolute atomic E-state index is 0.202. The Labute approximate surface area is 81.9 Å². The molecule has 0 aromatic rings. The molecule has 0 spiro atoms. The van der Waals surface area contributed by atoms with E-state index in [1.165, 1.54) is 19.3 Å². The van der Waals surface area contributed by atoms with Crippen LogP contribution in [0.15, 0.2) is 0 Å². The average Bonchev–Trinajstić information content (AvgIpc) is 2.04. The number of rotatable bonds is 2. The molecule has 13 heavy (non-hydrogen) atoms. The van der Waals surface area contributed by atoms with E-state index in [4.69, 9.17) is 4.52 Å². The highest BCUT2D eigenvalue weighted by Gasteiger charge is 2.39. The van der Waals surface area contributed by atoms with E-state index in [1.54, 1.807) is 0 Å². The molecule has 3 heteroatoms. The van der Waals surface area contributed by atoms with Gasteiger partial charge in [0.2, 0.25) is 0 Å². The zero-order valence-corrected chi connectivity index (χ0v) is 9.77. The van der Waals surface area contributed by atoms with E-state index in [1.807, 2.05) is 20.8 Å². The van der Waals surface area contributed by atoms with Gasteiger partial charge in [0.05, 0.1) is 0 Å². The van der Waals surface area contributed by atoms with Gasteiger partial charge in [0.15, 0.2) is 5.16 Å². The van der Waals surface area contributed by atoms with E-state index in [9.17, 15) is 4.57 Å². The topological polar surface area (TPSA) is 26.3 Å². The molecule has 1 saturated carbocycles. The van der Waals surface area contributed by atoms with E-state index in [0.29, 0.717) is 0 Å². The van der Waals surface area contributed by atoms with Crippen molar-refractivity contribution in [2.45, 2.75) is 64.1 Å². The third-order valence-corrected chi connectivity index (χ3v) is 3.93. The molecule has 0 aromatic heterocycles. The van der Waals surface area contributed by atoms with E-state index in [0.717, 1.165) is 12.8 Å². The summed E-state index contributed by atoms with van der Waals surface area (Å²) in [6.07, 6.45) is 6.23. The molecule has 2 nitrogen and oxygen atoms in total. The lowest BCUT2D eigenvalue weighted by molar-refractivity contribution is 0.161. The fourth-order valence-electron chi connectivity index (χ4n) is 1.46. The first-order chi connectivity index (χ1) is 6.00. The van der Waals surface area contributed by atoms with Crippen LogP contribution in [0.4, 0.5) is 0 Å². The highest BCUT2D eigenvalue weighted by molar-refractivity contribution is 7.41. The van der Waals surface area contributed by atoms with Crippen molar-refractivity contribution in [1.82, 2.24) is 0 Å². The first-order valence-corrected chi connectivity index (χ1v) is 6.32. The molecule has 1 atom stereocenters. The summed E-state index contributed by atoms with van der Waals surface area (Å²) in [5.41, 5.74) is 0. The first-order valence-electron chi connectivity index (χ1n) is 5.14. The second kappa shape index (κ2) is 4.52. The minimum atomic E-state index is -1.49. The summed E-state index contributed by atoms with van der Waals surface area (Å²) in [5, 5.41) is -0.202. The highest BCUT2D eigenvalue weighted by atomic mass is 31.1. The number of hydrogen-bond acceptors (Lipinski definition) is 2. The lowest BCUT2D eigenvalue weighted by Gasteiger charge is -2.17. The van der Waals surface area contributed by atoms with Gasteiger partial charge >= 0.3 is 8.03 Å². The van der Waals surface area contributed by atoms with Gasteiger partial charge in [-0.3, -0.25) is 0 Å². The molecule has 1 aliphatic rings. The van der Waals surface area contributed by atoms with Crippen molar-refractivity contribution >= 4 is 8.03 Å². The van der Waals surface area contributed by atoms with Gasteiger partial charge in [-0.25, -0.2) is 0 Å². The van der Waals surface area contributed by atoms with Crippen molar-refractivity contribution in [1.29, 1.82) is 0 Å².